The van der Waals surface area contributed by atoms with Crippen molar-refractivity contribution in [2.24, 2.45) is 11.3 Å². The molecule has 1 fully saturated rings. The maximum Gasteiger partial charge on any atom is 0.259 e. The summed E-state index contributed by atoms with van der Waals surface area (Å²) in [5.74, 6) is 0.620. The summed E-state index contributed by atoms with van der Waals surface area (Å²) in [5, 5.41) is 9.15. The molecule has 25 heavy (non-hydrogen) atoms. The number of thiophene rings is 1. The quantitative estimate of drug-likeness (QED) is 0.835. The van der Waals surface area contributed by atoms with Crippen LogP contribution in [0.4, 0.5) is 5.88 Å². The predicted octanol–water partition coefficient (Wildman–Crippen LogP) is 4.63. The number of nitrogens with one attached hydrogen (secondary N) is 1. The van der Waals surface area contributed by atoms with Crippen molar-refractivity contribution in [1.29, 1.82) is 0 Å². The van der Waals surface area contributed by atoms with E-state index in [-0.39, 0.29) is 17.8 Å². The molecule has 1 aliphatic carbocycles. The molecule has 136 valence electrons. The molecule has 0 radical (unpaired) electrons. The van der Waals surface area contributed by atoms with E-state index in [0.29, 0.717) is 22.6 Å². The summed E-state index contributed by atoms with van der Waals surface area (Å²) in [4.78, 5) is 13.7. The van der Waals surface area contributed by atoms with Crippen LogP contribution in [0, 0.1) is 18.3 Å². The zero-order valence-electron chi connectivity index (χ0n) is 15.4. The van der Waals surface area contributed by atoms with Crippen LogP contribution in [0.1, 0.15) is 62.4 Å². The van der Waals surface area contributed by atoms with Gasteiger partial charge in [0.25, 0.3) is 5.91 Å². The van der Waals surface area contributed by atoms with Gasteiger partial charge < -0.3 is 15.6 Å². The van der Waals surface area contributed by atoms with E-state index in [2.05, 4.69) is 31.2 Å². The zero-order chi connectivity index (χ0) is 18.2. The number of carbonyl (C=O) groups excluding carboxylic acids is 1. The van der Waals surface area contributed by atoms with Crippen molar-refractivity contribution in [1.82, 2.24) is 10.5 Å². The van der Waals surface area contributed by atoms with Gasteiger partial charge in [-0.05, 0) is 60.9 Å². The first kappa shape index (κ1) is 18.0. The monoisotopic (exact) mass is 361 g/mol. The van der Waals surface area contributed by atoms with Crippen molar-refractivity contribution < 1.29 is 9.32 Å². The van der Waals surface area contributed by atoms with Crippen LogP contribution < -0.4 is 11.1 Å². The molecule has 3 rings (SSSR count). The minimum absolute atomic E-state index is 0.0867. The minimum Gasteiger partial charge on any atom is -0.367 e. The molecule has 2 heterocycles. The highest BCUT2D eigenvalue weighted by atomic mass is 32.1. The lowest BCUT2D eigenvalue weighted by molar-refractivity contribution is 0.0905. The Morgan fingerprint density at radius 3 is 2.56 bits per heavy atom. The van der Waals surface area contributed by atoms with Gasteiger partial charge in [0.1, 0.15) is 11.3 Å². The molecular formula is C19H27N3O2S. The van der Waals surface area contributed by atoms with Gasteiger partial charge in [-0.25, -0.2) is 0 Å². The molecule has 1 amide bonds. The Balaban J connectivity index is 1.71. The van der Waals surface area contributed by atoms with E-state index in [1.54, 1.807) is 0 Å². The summed E-state index contributed by atoms with van der Waals surface area (Å²) in [7, 11) is 0. The van der Waals surface area contributed by atoms with Gasteiger partial charge in [0.05, 0.1) is 4.88 Å². The molecule has 1 saturated carbocycles. The molecule has 0 unspecified atom stereocenters. The third-order valence-electron chi connectivity index (χ3n) is 5.31. The Morgan fingerprint density at radius 1 is 1.32 bits per heavy atom. The summed E-state index contributed by atoms with van der Waals surface area (Å²) in [6.07, 6.45) is 4.30. The Morgan fingerprint density at radius 2 is 2.00 bits per heavy atom. The summed E-state index contributed by atoms with van der Waals surface area (Å²) in [6, 6.07) is 2.19. The molecule has 0 atom stereocenters. The van der Waals surface area contributed by atoms with E-state index in [9.17, 15) is 4.79 Å². The van der Waals surface area contributed by atoms with Crippen LogP contribution in [0.15, 0.2) is 16.0 Å². The average molecular weight is 362 g/mol. The molecule has 5 nitrogen and oxygen atoms in total. The number of anilines is 1. The first-order valence-electron chi connectivity index (χ1n) is 8.88. The van der Waals surface area contributed by atoms with Gasteiger partial charge in [0.2, 0.25) is 5.88 Å². The molecule has 0 aromatic carbocycles. The average Bonchev–Trinajstić information content (AvgIpc) is 3.12. The van der Waals surface area contributed by atoms with Crippen molar-refractivity contribution in [2.75, 3.05) is 5.73 Å². The maximum atomic E-state index is 12.8. The van der Waals surface area contributed by atoms with Crippen LogP contribution >= 0.6 is 11.3 Å². The number of carbonyl (C=O) groups is 1. The lowest BCUT2D eigenvalue weighted by Gasteiger charge is -2.37. The van der Waals surface area contributed by atoms with Crippen LogP contribution in [-0.2, 0) is 0 Å². The van der Waals surface area contributed by atoms with Crippen molar-refractivity contribution in [3.8, 4) is 10.6 Å². The molecule has 2 aromatic heterocycles. The SMILES string of the molecule is Cc1ccsc1-c1noc(N)c1C(=O)NC1CCC(C(C)(C)C)CC1. The van der Waals surface area contributed by atoms with Crippen molar-refractivity contribution in [2.45, 2.75) is 59.4 Å². The number of nitrogen functional groups attached to an aromatic ring is 1. The number of aromatic nitrogens is 1. The highest BCUT2D eigenvalue weighted by Crippen LogP contribution is 2.38. The van der Waals surface area contributed by atoms with Crippen molar-refractivity contribution in [3.05, 3.63) is 22.6 Å². The largest absolute Gasteiger partial charge is 0.367 e. The molecule has 0 bridgehead atoms. The van der Waals surface area contributed by atoms with Crippen LogP contribution in [-0.4, -0.2) is 17.1 Å². The molecule has 0 aliphatic heterocycles. The number of rotatable bonds is 3. The number of hydrogen-bond donors (Lipinski definition) is 2. The molecule has 3 N–H and O–H groups in total. The van der Waals surface area contributed by atoms with E-state index >= 15 is 0 Å². The predicted molar refractivity (Wildman–Crippen MR) is 102 cm³/mol. The zero-order valence-corrected chi connectivity index (χ0v) is 16.2. The third kappa shape index (κ3) is 3.73. The molecule has 0 saturated heterocycles. The molecular weight excluding hydrogens is 334 g/mol. The van der Waals surface area contributed by atoms with E-state index in [4.69, 9.17) is 10.3 Å². The van der Waals surface area contributed by atoms with Crippen LogP contribution in [0.2, 0.25) is 0 Å². The normalized spacial score (nSPS) is 21.3. The Bertz CT molecular complexity index is 749. The lowest BCUT2D eigenvalue weighted by atomic mass is 9.71. The van der Waals surface area contributed by atoms with Crippen molar-refractivity contribution in [3.63, 3.8) is 0 Å². The van der Waals surface area contributed by atoms with Crippen molar-refractivity contribution >= 4 is 23.1 Å². The second kappa shape index (κ2) is 6.83. The van der Waals surface area contributed by atoms with E-state index in [1.165, 1.54) is 11.3 Å². The summed E-state index contributed by atoms with van der Waals surface area (Å²) < 4.78 is 5.12. The van der Waals surface area contributed by atoms with Gasteiger partial charge in [-0.2, -0.15) is 0 Å². The molecule has 1 aliphatic rings. The number of nitrogens with two attached hydrogens (primary N) is 1. The first-order chi connectivity index (χ1) is 11.8. The Kier molecular flexibility index (Phi) is 4.91. The van der Waals surface area contributed by atoms with Gasteiger partial charge in [0.15, 0.2) is 0 Å². The maximum absolute atomic E-state index is 12.8. The number of nitrogens with zero attached hydrogens (tertiary/aromatic N) is 1. The third-order valence-corrected chi connectivity index (χ3v) is 6.33. The van der Waals surface area contributed by atoms with E-state index in [0.717, 1.165) is 36.1 Å². The van der Waals surface area contributed by atoms with Gasteiger partial charge in [-0.15, -0.1) is 11.3 Å². The van der Waals surface area contributed by atoms with Crippen LogP contribution in [0.5, 0.6) is 0 Å². The Labute approximate surface area is 153 Å². The van der Waals surface area contributed by atoms with Crippen LogP contribution in [0.3, 0.4) is 0 Å². The fourth-order valence-corrected chi connectivity index (χ4v) is 4.57. The second-order valence-electron chi connectivity index (χ2n) is 8.09. The van der Waals surface area contributed by atoms with Gasteiger partial charge >= 0.3 is 0 Å². The summed E-state index contributed by atoms with van der Waals surface area (Å²) in [5.41, 5.74) is 8.21. The minimum atomic E-state index is -0.180. The standard InChI is InChI=1S/C19H27N3O2S/c1-11-9-10-25-16(11)15-14(17(20)24-22-15)18(23)21-13-7-5-12(6-8-13)19(2,3)4/h9-10,12-13H,5-8,20H2,1-4H3,(H,21,23). The number of hydrogen-bond acceptors (Lipinski definition) is 5. The van der Waals surface area contributed by atoms with E-state index < -0.39 is 0 Å². The summed E-state index contributed by atoms with van der Waals surface area (Å²) in [6.45, 7) is 8.88. The molecule has 2 aromatic rings. The fraction of sp³-hybridized carbons (Fsp3) is 0.579. The molecule has 6 heteroatoms. The van der Waals surface area contributed by atoms with Crippen LogP contribution in [0.25, 0.3) is 10.6 Å². The second-order valence-corrected chi connectivity index (χ2v) is 9.01. The number of aryl methyl sites for hydroxylation is 1. The summed E-state index contributed by atoms with van der Waals surface area (Å²) >= 11 is 1.54. The number of amides is 1. The highest BCUT2D eigenvalue weighted by Gasteiger charge is 2.32. The topological polar surface area (TPSA) is 81.2 Å². The van der Waals surface area contributed by atoms with E-state index in [1.807, 2.05) is 18.4 Å². The lowest BCUT2D eigenvalue weighted by Crippen LogP contribution is -2.39. The fourth-order valence-electron chi connectivity index (χ4n) is 3.65. The highest BCUT2D eigenvalue weighted by molar-refractivity contribution is 7.13. The smallest absolute Gasteiger partial charge is 0.259 e. The van der Waals surface area contributed by atoms with Gasteiger partial charge in [0, 0.05) is 6.04 Å². The molecule has 0 spiro atoms. The van der Waals surface area contributed by atoms with Gasteiger partial charge in [-0.1, -0.05) is 25.9 Å². The van der Waals surface area contributed by atoms with Gasteiger partial charge in [-0.3, -0.25) is 4.79 Å². The first-order valence-corrected chi connectivity index (χ1v) is 9.75. The Hall–Kier alpha value is -1.82.